The number of carboxylic acids is 1. The molecule has 0 spiro atoms. The lowest BCUT2D eigenvalue weighted by Gasteiger charge is -2.32. The van der Waals surface area contributed by atoms with Crippen molar-refractivity contribution in [1.29, 1.82) is 0 Å². The van der Waals surface area contributed by atoms with Crippen molar-refractivity contribution in [3.8, 4) is 0 Å². The molecule has 6 heteroatoms. The van der Waals surface area contributed by atoms with Crippen LogP contribution in [0.1, 0.15) is 38.1 Å². The molecule has 0 aliphatic carbocycles. The molecular formula is C15H18BNO4. The summed E-state index contributed by atoms with van der Waals surface area (Å²) >= 11 is 0. The molecule has 0 saturated carbocycles. The number of carboxylic acid groups (broad SMARTS) is 1. The largest absolute Gasteiger partial charge is 0.512 e. The van der Waals surface area contributed by atoms with Crippen LogP contribution in [0, 0.1) is 0 Å². The minimum Gasteiger partial charge on any atom is -0.478 e. The Labute approximate surface area is 123 Å². The van der Waals surface area contributed by atoms with E-state index in [2.05, 4.69) is 4.98 Å². The van der Waals surface area contributed by atoms with Crippen LogP contribution >= 0.6 is 0 Å². The van der Waals surface area contributed by atoms with E-state index in [-0.39, 0.29) is 5.56 Å². The summed E-state index contributed by atoms with van der Waals surface area (Å²) in [6.45, 7) is 7.94. The number of fused-ring (bicyclic) bond motifs is 1. The Hall–Kier alpha value is -1.79. The zero-order valence-corrected chi connectivity index (χ0v) is 12.6. The molecule has 0 radical (unpaired) electrons. The molecule has 2 aromatic rings. The monoisotopic (exact) mass is 287 g/mol. The third kappa shape index (κ3) is 2.15. The SMILES string of the molecule is CC1(C)OB(c2cc3cccc(C(=O)O)c3[nH]2)OC1(C)C. The summed E-state index contributed by atoms with van der Waals surface area (Å²) in [4.78, 5) is 14.4. The van der Waals surface area contributed by atoms with E-state index < -0.39 is 24.3 Å². The Kier molecular flexibility index (Phi) is 2.94. The molecule has 3 rings (SSSR count). The lowest BCUT2D eigenvalue weighted by molar-refractivity contribution is 0.00578. The van der Waals surface area contributed by atoms with Crippen LogP contribution in [-0.2, 0) is 9.31 Å². The quantitative estimate of drug-likeness (QED) is 0.830. The second kappa shape index (κ2) is 4.35. The van der Waals surface area contributed by atoms with Crippen molar-refractivity contribution >= 4 is 29.6 Å². The molecule has 0 unspecified atom stereocenters. The van der Waals surface area contributed by atoms with Crippen LogP contribution in [0.5, 0.6) is 0 Å². The number of hydrogen-bond donors (Lipinski definition) is 2. The maximum absolute atomic E-state index is 11.3. The number of aromatic amines is 1. The van der Waals surface area contributed by atoms with Crippen LogP contribution in [0.2, 0.25) is 0 Å². The van der Waals surface area contributed by atoms with Crippen molar-refractivity contribution < 1.29 is 19.2 Å². The van der Waals surface area contributed by atoms with Gasteiger partial charge in [-0.3, -0.25) is 0 Å². The minimum absolute atomic E-state index is 0.246. The van der Waals surface area contributed by atoms with Gasteiger partial charge in [-0.2, -0.15) is 0 Å². The summed E-state index contributed by atoms with van der Waals surface area (Å²) in [7, 11) is -0.524. The van der Waals surface area contributed by atoms with E-state index in [0.717, 1.165) is 11.0 Å². The zero-order valence-electron chi connectivity index (χ0n) is 12.6. The topological polar surface area (TPSA) is 71.5 Å². The molecule has 110 valence electrons. The first kappa shape index (κ1) is 14.2. The van der Waals surface area contributed by atoms with Crippen LogP contribution < -0.4 is 5.59 Å². The van der Waals surface area contributed by atoms with E-state index >= 15 is 0 Å². The van der Waals surface area contributed by atoms with E-state index in [4.69, 9.17) is 9.31 Å². The maximum atomic E-state index is 11.3. The summed E-state index contributed by atoms with van der Waals surface area (Å²) in [5.74, 6) is -0.956. The van der Waals surface area contributed by atoms with Crippen molar-refractivity contribution in [2.24, 2.45) is 0 Å². The molecule has 1 aliphatic heterocycles. The molecular weight excluding hydrogens is 269 g/mol. The van der Waals surface area contributed by atoms with E-state index in [9.17, 15) is 9.90 Å². The number of hydrogen-bond acceptors (Lipinski definition) is 3. The zero-order chi connectivity index (χ0) is 15.4. The average molecular weight is 287 g/mol. The third-order valence-corrected chi connectivity index (χ3v) is 4.41. The summed E-state index contributed by atoms with van der Waals surface area (Å²) in [5.41, 5.74) is 0.720. The molecule has 21 heavy (non-hydrogen) atoms. The molecule has 0 bridgehead atoms. The van der Waals surface area contributed by atoms with Crippen molar-refractivity contribution in [3.05, 3.63) is 29.8 Å². The molecule has 2 N–H and O–H groups in total. The van der Waals surface area contributed by atoms with Crippen LogP contribution in [-0.4, -0.2) is 34.4 Å². The Morgan fingerprint density at radius 1 is 1.19 bits per heavy atom. The van der Waals surface area contributed by atoms with Crippen LogP contribution in [0.3, 0.4) is 0 Å². The van der Waals surface area contributed by atoms with Gasteiger partial charge in [-0.25, -0.2) is 4.79 Å². The van der Waals surface area contributed by atoms with Gasteiger partial charge in [-0.05, 0) is 45.2 Å². The fraction of sp³-hybridized carbons (Fsp3) is 0.400. The lowest BCUT2D eigenvalue weighted by Crippen LogP contribution is -2.41. The fourth-order valence-electron chi connectivity index (χ4n) is 2.45. The Bertz CT molecular complexity index is 704. The Balaban J connectivity index is 2.04. The van der Waals surface area contributed by atoms with Gasteiger partial charge in [-0.15, -0.1) is 0 Å². The number of H-pyrrole nitrogens is 1. The van der Waals surface area contributed by atoms with E-state index in [1.165, 1.54) is 0 Å². The third-order valence-electron chi connectivity index (χ3n) is 4.41. The van der Waals surface area contributed by atoms with Gasteiger partial charge in [0.2, 0.25) is 0 Å². The fourth-order valence-corrected chi connectivity index (χ4v) is 2.45. The van der Waals surface area contributed by atoms with Crippen LogP contribution in [0.4, 0.5) is 0 Å². The van der Waals surface area contributed by atoms with Gasteiger partial charge < -0.3 is 19.4 Å². The summed E-state index contributed by atoms with van der Waals surface area (Å²) < 4.78 is 12.0. The van der Waals surface area contributed by atoms with Crippen LogP contribution in [0.15, 0.2) is 24.3 Å². The van der Waals surface area contributed by atoms with E-state index in [1.807, 2.05) is 39.8 Å². The first-order chi connectivity index (χ1) is 9.71. The number of para-hydroxylation sites is 1. The molecule has 5 nitrogen and oxygen atoms in total. The smallest absolute Gasteiger partial charge is 0.478 e. The van der Waals surface area contributed by atoms with Crippen LogP contribution in [0.25, 0.3) is 10.9 Å². The molecule has 1 saturated heterocycles. The number of aromatic nitrogens is 1. The first-order valence-electron chi connectivity index (χ1n) is 6.92. The van der Waals surface area contributed by atoms with E-state index in [1.54, 1.807) is 12.1 Å². The van der Waals surface area contributed by atoms with Gasteiger partial charge in [0.15, 0.2) is 0 Å². The normalized spacial score (nSPS) is 20.1. The van der Waals surface area contributed by atoms with Gasteiger partial charge in [0.05, 0.1) is 22.3 Å². The van der Waals surface area contributed by atoms with E-state index in [0.29, 0.717) is 5.52 Å². The van der Waals surface area contributed by atoms with Gasteiger partial charge >= 0.3 is 13.1 Å². The van der Waals surface area contributed by atoms with Crippen molar-refractivity contribution in [1.82, 2.24) is 4.98 Å². The lowest BCUT2D eigenvalue weighted by atomic mass is 9.85. The molecule has 0 amide bonds. The molecule has 1 fully saturated rings. The second-order valence-corrected chi connectivity index (χ2v) is 6.39. The highest BCUT2D eigenvalue weighted by atomic mass is 16.7. The minimum atomic E-state index is -0.956. The second-order valence-electron chi connectivity index (χ2n) is 6.39. The standard InChI is InChI=1S/C15H18BNO4/c1-14(2)15(3,4)21-16(20-14)11-8-9-6-5-7-10(13(18)19)12(9)17-11/h5-8,17H,1-4H3,(H,18,19). The average Bonchev–Trinajstić information content (AvgIpc) is 2.88. The van der Waals surface area contributed by atoms with Crippen molar-refractivity contribution in [3.63, 3.8) is 0 Å². The number of nitrogens with one attached hydrogen (secondary N) is 1. The number of benzene rings is 1. The van der Waals surface area contributed by atoms with Crippen molar-refractivity contribution in [2.75, 3.05) is 0 Å². The van der Waals surface area contributed by atoms with Gasteiger partial charge in [0.1, 0.15) is 0 Å². The van der Waals surface area contributed by atoms with Crippen molar-refractivity contribution in [2.45, 2.75) is 38.9 Å². The predicted octanol–water partition coefficient (Wildman–Crippen LogP) is 2.17. The first-order valence-corrected chi connectivity index (χ1v) is 6.92. The Morgan fingerprint density at radius 3 is 2.38 bits per heavy atom. The predicted molar refractivity (Wildman–Crippen MR) is 81.0 cm³/mol. The highest BCUT2D eigenvalue weighted by Crippen LogP contribution is 2.36. The summed E-state index contributed by atoms with van der Waals surface area (Å²) in [6.07, 6.45) is 0. The molecule has 0 atom stereocenters. The van der Waals surface area contributed by atoms with Gasteiger partial charge in [0, 0.05) is 5.59 Å². The molecule has 1 aromatic heterocycles. The van der Waals surface area contributed by atoms with Gasteiger partial charge in [0.25, 0.3) is 0 Å². The molecule has 1 aliphatic rings. The Morgan fingerprint density at radius 2 is 1.81 bits per heavy atom. The molecule has 1 aromatic carbocycles. The highest BCUT2D eigenvalue weighted by molar-refractivity contribution is 6.61. The number of carbonyl (C=O) groups is 1. The number of aromatic carboxylic acids is 1. The summed E-state index contributed by atoms with van der Waals surface area (Å²) in [5, 5.41) is 10.1. The maximum Gasteiger partial charge on any atom is 0.512 e. The number of rotatable bonds is 2. The highest BCUT2D eigenvalue weighted by Gasteiger charge is 2.52. The molecule has 2 heterocycles. The summed E-state index contributed by atoms with van der Waals surface area (Å²) in [6, 6.07) is 7.06. The van der Waals surface area contributed by atoms with Gasteiger partial charge in [-0.1, -0.05) is 12.1 Å².